The lowest BCUT2D eigenvalue weighted by atomic mass is 10.0. The van der Waals surface area contributed by atoms with E-state index in [-0.39, 0.29) is 0 Å². The van der Waals surface area contributed by atoms with Crippen molar-refractivity contribution >= 4 is 22.2 Å². The Morgan fingerprint density at radius 3 is 2.94 bits per heavy atom. The lowest BCUT2D eigenvalue weighted by Gasteiger charge is -2.01. The zero-order valence-electron chi connectivity index (χ0n) is 9.47. The van der Waals surface area contributed by atoms with Crippen LogP contribution in [0.25, 0.3) is 11.3 Å². The van der Waals surface area contributed by atoms with Crippen LogP contribution in [0.4, 0.5) is 5.13 Å². The summed E-state index contributed by atoms with van der Waals surface area (Å²) < 4.78 is 0. The van der Waals surface area contributed by atoms with Crippen molar-refractivity contribution in [2.75, 3.05) is 5.73 Å². The van der Waals surface area contributed by atoms with E-state index >= 15 is 0 Å². The van der Waals surface area contributed by atoms with E-state index in [1.807, 2.05) is 42.6 Å². The van der Waals surface area contributed by atoms with Crippen LogP contribution in [0.3, 0.4) is 0 Å². The lowest BCUT2D eigenvalue weighted by Crippen LogP contribution is -1.94. The first-order valence-corrected chi connectivity index (χ1v) is 6.11. The fourth-order valence-electron chi connectivity index (χ4n) is 1.53. The lowest BCUT2D eigenvalue weighted by molar-refractivity contribution is 1.40. The molecule has 2 rings (SSSR count). The average molecular weight is 243 g/mol. The summed E-state index contributed by atoms with van der Waals surface area (Å²) in [6, 6.07) is 7.78. The van der Waals surface area contributed by atoms with Crippen LogP contribution in [0.2, 0.25) is 0 Å². The van der Waals surface area contributed by atoms with Crippen molar-refractivity contribution in [1.29, 1.82) is 5.41 Å². The van der Waals surface area contributed by atoms with Crippen molar-refractivity contribution in [2.24, 2.45) is 0 Å². The fourth-order valence-corrected chi connectivity index (χ4v) is 2.10. The molecule has 0 aliphatic rings. The van der Waals surface area contributed by atoms with E-state index in [9.17, 15) is 0 Å². The molecule has 0 fully saturated rings. The monoisotopic (exact) mass is 243 g/mol. The molecular weight excluding hydrogens is 230 g/mol. The Kier molecular flexibility index (Phi) is 3.35. The number of rotatable bonds is 3. The molecule has 1 heterocycles. The number of anilines is 1. The van der Waals surface area contributed by atoms with Crippen molar-refractivity contribution < 1.29 is 0 Å². The molecule has 0 saturated carbocycles. The van der Waals surface area contributed by atoms with Gasteiger partial charge in [0.2, 0.25) is 0 Å². The minimum absolute atomic E-state index is 0.498. The highest BCUT2D eigenvalue weighted by Gasteiger charge is 2.04. The second-order valence-corrected chi connectivity index (χ2v) is 4.46. The van der Waals surface area contributed by atoms with Gasteiger partial charge in [-0.25, -0.2) is 4.98 Å². The Hall–Kier alpha value is -1.94. The normalized spacial score (nSPS) is 10.9. The Morgan fingerprint density at radius 2 is 2.29 bits per heavy atom. The summed E-state index contributed by atoms with van der Waals surface area (Å²) in [6.45, 7) is 1.90. The molecular formula is C13H13N3S. The number of thiazole rings is 1. The second kappa shape index (κ2) is 4.93. The van der Waals surface area contributed by atoms with Crippen molar-refractivity contribution in [3.63, 3.8) is 0 Å². The standard InChI is InChI=1S/C13H13N3S/c1-2-4-11(14)9-5-3-6-10(7-9)12-8-17-13(15)16-12/h2-8,14H,1H3,(H2,15,16)/b4-2-,14-11?. The molecule has 1 aromatic heterocycles. The van der Waals surface area contributed by atoms with Crippen LogP contribution in [-0.4, -0.2) is 10.7 Å². The first-order chi connectivity index (χ1) is 8.20. The van der Waals surface area contributed by atoms with E-state index in [1.165, 1.54) is 11.3 Å². The molecule has 0 spiro atoms. The summed E-state index contributed by atoms with van der Waals surface area (Å²) in [5, 5.41) is 10.4. The highest BCUT2D eigenvalue weighted by molar-refractivity contribution is 7.13. The number of nitrogen functional groups attached to an aromatic ring is 1. The van der Waals surface area contributed by atoms with Gasteiger partial charge in [-0.05, 0) is 19.1 Å². The van der Waals surface area contributed by atoms with Crippen molar-refractivity contribution in [2.45, 2.75) is 6.92 Å². The quantitative estimate of drug-likeness (QED) is 0.812. The first kappa shape index (κ1) is 11.5. The van der Waals surface area contributed by atoms with E-state index in [1.54, 1.807) is 6.08 Å². The van der Waals surface area contributed by atoms with Gasteiger partial charge in [-0.1, -0.05) is 24.3 Å². The van der Waals surface area contributed by atoms with Gasteiger partial charge in [0.05, 0.1) is 11.4 Å². The summed E-state index contributed by atoms with van der Waals surface area (Å²) in [4.78, 5) is 4.24. The first-order valence-electron chi connectivity index (χ1n) is 5.24. The van der Waals surface area contributed by atoms with Gasteiger partial charge in [0, 0.05) is 16.5 Å². The maximum atomic E-state index is 7.86. The fraction of sp³-hybridized carbons (Fsp3) is 0.0769. The van der Waals surface area contributed by atoms with Gasteiger partial charge >= 0.3 is 0 Å². The Balaban J connectivity index is 2.38. The summed E-state index contributed by atoms with van der Waals surface area (Å²) >= 11 is 1.42. The third-order valence-electron chi connectivity index (χ3n) is 2.32. The van der Waals surface area contributed by atoms with Crippen LogP contribution in [0.5, 0.6) is 0 Å². The Bertz CT molecular complexity index is 570. The number of allylic oxidation sites excluding steroid dienone is 2. The third kappa shape index (κ3) is 2.60. The minimum atomic E-state index is 0.498. The summed E-state index contributed by atoms with van der Waals surface area (Å²) in [6.07, 6.45) is 3.63. The van der Waals surface area contributed by atoms with Gasteiger partial charge in [0.15, 0.2) is 5.13 Å². The predicted octanol–water partition coefficient (Wildman–Crippen LogP) is 3.34. The van der Waals surface area contributed by atoms with Gasteiger partial charge in [-0.2, -0.15) is 0 Å². The number of nitrogens with zero attached hydrogens (tertiary/aromatic N) is 1. The zero-order valence-corrected chi connectivity index (χ0v) is 10.3. The van der Waals surface area contributed by atoms with Gasteiger partial charge in [0.1, 0.15) is 0 Å². The zero-order chi connectivity index (χ0) is 12.3. The number of hydrogen-bond acceptors (Lipinski definition) is 4. The van der Waals surface area contributed by atoms with Gasteiger partial charge in [-0.3, -0.25) is 0 Å². The van der Waals surface area contributed by atoms with Crippen LogP contribution in [0.15, 0.2) is 41.8 Å². The Labute approximate surface area is 104 Å². The number of benzene rings is 1. The van der Waals surface area contributed by atoms with Gasteiger partial charge in [-0.15, -0.1) is 11.3 Å². The van der Waals surface area contributed by atoms with Crippen LogP contribution in [0.1, 0.15) is 12.5 Å². The molecule has 0 aliphatic heterocycles. The van der Waals surface area contributed by atoms with Gasteiger partial charge in [0.25, 0.3) is 0 Å². The average Bonchev–Trinajstić information content (AvgIpc) is 2.76. The molecule has 0 aliphatic carbocycles. The van der Waals surface area contributed by atoms with E-state index in [0.717, 1.165) is 16.8 Å². The van der Waals surface area contributed by atoms with Crippen molar-refractivity contribution in [1.82, 2.24) is 4.98 Å². The maximum Gasteiger partial charge on any atom is 0.180 e. The number of aromatic nitrogens is 1. The number of nitrogens with one attached hydrogen (secondary N) is 1. The molecule has 4 heteroatoms. The third-order valence-corrected chi connectivity index (χ3v) is 3.00. The van der Waals surface area contributed by atoms with Crippen molar-refractivity contribution in [3.8, 4) is 11.3 Å². The Morgan fingerprint density at radius 1 is 1.47 bits per heavy atom. The van der Waals surface area contributed by atoms with Crippen LogP contribution in [0, 0.1) is 5.41 Å². The van der Waals surface area contributed by atoms with Gasteiger partial charge < -0.3 is 11.1 Å². The molecule has 0 unspecified atom stereocenters. The second-order valence-electron chi connectivity index (χ2n) is 3.57. The molecule has 1 aromatic carbocycles. The highest BCUT2D eigenvalue weighted by Crippen LogP contribution is 2.23. The summed E-state index contributed by atoms with van der Waals surface area (Å²) in [7, 11) is 0. The van der Waals surface area contributed by atoms with Crippen molar-refractivity contribution in [3.05, 3.63) is 47.4 Å². The highest BCUT2D eigenvalue weighted by atomic mass is 32.1. The summed E-state index contributed by atoms with van der Waals surface area (Å²) in [5.74, 6) is 0. The molecule has 0 amide bonds. The molecule has 0 saturated heterocycles. The maximum absolute atomic E-state index is 7.86. The molecule has 0 radical (unpaired) electrons. The molecule has 17 heavy (non-hydrogen) atoms. The predicted molar refractivity (Wildman–Crippen MR) is 73.6 cm³/mol. The number of nitrogens with two attached hydrogens (primary N) is 1. The van der Waals surface area contributed by atoms with E-state index in [2.05, 4.69) is 4.98 Å². The summed E-state index contributed by atoms with van der Waals surface area (Å²) in [5.41, 5.74) is 8.85. The molecule has 0 bridgehead atoms. The van der Waals surface area contributed by atoms with Crippen LogP contribution >= 0.6 is 11.3 Å². The molecule has 86 valence electrons. The SMILES string of the molecule is C/C=C\C(=N)c1cccc(-c2csc(N)n2)c1. The van der Waals surface area contributed by atoms with E-state index in [0.29, 0.717) is 10.8 Å². The van der Waals surface area contributed by atoms with E-state index < -0.39 is 0 Å². The topological polar surface area (TPSA) is 62.8 Å². The largest absolute Gasteiger partial charge is 0.375 e. The minimum Gasteiger partial charge on any atom is -0.375 e. The molecule has 3 nitrogen and oxygen atoms in total. The smallest absolute Gasteiger partial charge is 0.180 e. The molecule has 0 atom stereocenters. The molecule has 2 aromatic rings. The molecule has 3 N–H and O–H groups in total. The number of hydrogen-bond donors (Lipinski definition) is 2. The van der Waals surface area contributed by atoms with E-state index in [4.69, 9.17) is 11.1 Å². The van der Waals surface area contributed by atoms with Crippen LogP contribution < -0.4 is 5.73 Å². The van der Waals surface area contributed by atoms with Crippen LogP contribution in [-0.2, 0) is 0 Å².